The number of rotatable bonds is 6. The van der Waals surface area contributed by atoms with Crippen LogP contribution in [0.2, 0.25) is 5.02 Å². The fourth-order valence-corrected chi connectivity index (χ4v) is 4.92. The van der Waals surface area contributed by atoms with Crippen LogP contribution >= 0.6 is 34.7 Å². The average molecular weight is 455 g/mol. The number of carbonyl (C=O) groups is 1. The third kappa shape index (κ3) is 4.43. The van der Waals surface area contributed by atoms with Crippen LogP contribution < -0.4 is 5.32 Å². The van der Waals surface area contributed by atoms with Gasteiger partial charge in [0, 0.05) is 39.1 Å². The van der Waals surface area contributed by atoms with Gasteiger partial charge in [0.05, 0.1) is 5.75 Å². The maximum Gasteiger partial charge on any atom is 0.234 e. The molecule has 0 unspecified atom stereocenters. The van der Waals surface area contributed by atoms with Crippen LogP contribution in [0.5, 0.6) is 0 Å². The summed E-state index contributed by atoms with van der Waals surface area (Å²) in [6.07, 6.45) is 0. The Hall–Kier alpha value is -2.61. The number of aromatic nitrogens is 3. The number of thiophene rings is 1. The van der Waals surface area contributed by atoms with Gasteiger partial charge in [-0.15, -0.1) is 21.5 Å². The van der Waals surface area contributed by atoms with Gasteiger partial charge in [-0.1, -0.05) is 59.8 Å². The Labute approximate surface area is 188 Å². The van der Waals surface area contributed by atoms with Gasteiger partial charge < -0.3 is 9.88 Å². The molecular weight excluding hydrogens is 436 g/mol. The molecule has 1 N–H and O–H groups in total. The fourth-order valence-electron chi connectivity index (χ4n) is 3.15. The highest BCUT2D eigenvalue weighted by molar-refractivity contribution is 7.99. The summed E-state index contributed by atoms with van der Waals surface area (Å²) in [5, 5.41) is 14.9. The highest BCUT2D eigenvalue weighted by Gasteiger charge is 2.19. The molecule has 4 rings (SSSR count). The average Bonchev–Trinajstić information content (AvgIpc) is 3.29. The summed E-state index contributed by atoms with van der Waals surface area (Å²) in [4.78, 5) is 13.5. The Morgan fingerprint density at radius 3 is 2.73 bits per heavy atom. The second-order valence-electron chi connectivity index (χ2n) is 6.66. The van der Waals surface area contributed by atoms with E-state index in [0.29, 0.717) is 15.9 Å². The van der Waals surface area contributed by atoms with E-state index in [0.717, 1.165) is 17.0 Å². The van der Waals surface area contributed by atoms with Crippen molar-refractivity contribution in [3.63, 3.8) is 0 Å². The van der Waals surface area contributed by atoms with Crippen LogP contribution in [0.3, 0.4) is 0 Å². The lowest BCUT2D eigenvalue weighted by Gasteiger charge is -2.07. The third-order valence-corrected chi connectivity index (χ3v) is 6.72. The lowest BCUT2D eigenvalue weighted by Crippen LogP contribution is -2.14. The predicted octanol–water partition coefficient (Wildman–Crippen LogP) is 5.90. The number of thioether (sulfide) groups is 1. The Balaban J connectivity index is 1.51. The van der Waals surface area contributed by atoms with Crippen molar-refractivity contribution in [1.29, 1.82) is 0 Å². The normalized spacial score (nSPS) is 10.9. The summed E-state index contributed by atoms with van der Waals surface area (Å²) >= 11 is 9.01. The molecule has 152 valence electrons. The van der Waals surface area contributed by atoms with Gasteiger partial charge in [0.2, 0.25) is 5.91 Å². The minimum atomic E-state index is -0.122. The summed E-state index contributed by atoms with van der Waals surface area (Å²) in [5.41, 5.74) is 4.05. The van der Waals surface area contributed by atoms with Crippen LogP contribution in [0.1, 0.15) is 4.88 Å². The predicted molar refractivity (Wildman–Crippen MR) is 125 cm³/mol. The fraction of sp³-hybridized carbons (Fsp3) is 0.136. The van der Waals surface area contributed by atoms with Crippen molar-refractivity contribution in [3.8, 4) is 22.5 Å². The van der Waals surface area contributed by atoms with E-state index in [-0.39, 0.29) is 11.7 Å². The van der Waals surface area contributed by atoms with Gasteiger partial charge in [-0.05, 0) is 30.7 Å². The molecule has 0 aliphatic rings. The van der Waals surface area contributed by atoms with E-state index in [1.165, 1.54) is 22.2 Å². The lowest BCUT2D eigenvalue weighted by molar-refractivity contribution is -0.113. The van der Waals surface area contributed by atoms with Crippen LogP contribution in [0.15, 0.2) is 65.1 Å². The molecule has 0 aliphatic heterocycles. The number of halogens is 1. The Morgan fingerprint density at radius 1 is 1.17 bits per heavy atom. The van der Waals surface area contributed by atoms with Crippen molar-refractivity contribution >= 4 is 46.3 Å². The number of nitrogens with one attached hydrogen (secondary N) is 1. The second kappa shape index (κ2) is 9.04. The maximum atomic E-state index is 12.3. The third-order valence-electron chi connectivity index (χ3n) is 4.55. The van der Waals surface area contributed by atoms with E-state index < -0.39 is 0 Å². The van der Waals surface area contributed by atoms with Gasteiger partial charge in [-0.3, -0.25) is 4.79 Å². The first-order chi connectivity index (χ1) is 14.5. The van der Waals surface area contributed by atoms with Crippen LogP contribution in [-0.4, -0.2) is 26.4 Å². The highest BCUT2D eigenvalue weighted by Crippen LogP contribution is 2.38. The molecule has 2 aromatic heterocycles. The number of nitrogens with zero attached hydrogens (tertiary/aromatic N) is 3. The molecule has 0 fully saturated rings. The zero-order valence-electron chi connectivity index (χ0n) is 16.4. The van der Waals surface area contributed by atoms with E-state index in [2.05, 4.69) is 40.0 Å². The number of amides is 1. The van der Waals surface area contributed by atoms with E-state index >= 15 is 0 Å². The molecular formula is C22H19ClN4OS2. The molecule has 8 heteroatoms. The smallest absolute Gasteiger partial charge is 0.234 e. The van der Waals surface area contributed by atoms with Crippen molar-refractivity contribution in [2.24, 2.45) is 7.05 Å². The van der Waals surface area contributed by atoms with Gasteiger partial charge in [-0.25, -0.2) is 0 Å². The first kappa shape index (κ1) is 20.7. The van der Waals surface area contributed by atoms with E-state index in [4.69, 9.17) is 11.6 Å². The molecule has 0 saturated heterocycles. The molecule has 30 heavy (non-hydrogen) atoms. The minimum absolute atomic E-state index is 0.122. The second-order valence-corrected chi connectivity index (χ2v) is 9.12. The molecule has 5 nitrogen and oxygen atoms in total. The van der Waals surface area contributed by atoms with Gasteiger partial charge in [0.25, 0.3) is 0 Å². The monoisotopic (exact) mass is 454 g/mol. The molecule has 0 saturated carbocycles. The summed E-state index contributed by atoms with van der Waals surface area (Å²) in [5.74, 6) is 0.895. The lowest BCUT2D eigenvalue weighted by atomic mass is 10.0. The molecule has 2 heterocycles. The van der Waals surface area contributed by atoms with E-state index in [1.54, 1.807) is 35.6 Å². The number of benzene rings is 2. The summed E-state index contributed by atoms with van der Waals surface area (Å²) in [6, 6.07) is 17.4. The molecule has 4 aromatic rings. The Kier molecular flexibility index (Phi) is 6.22. The van der Waals surface area contributed by atoms with Crippen LogP contribution in [0, 0.1) is 6.92 Å². The first-order valence-corrected chi connectivity index (χ1v) is 11.5. The maximum absolute atomic E-state index is 12.3. The topological polar surface area (TPSA) is 59.8 Å². The van der Waals surface area contributed by atoms with Gasteiger partial charge in [0.15, 0.2) is 11.0 Å². The number of anilines is 1. The summed E-state index contributed by atoms with van der Waals surface area (Å²) < 4.78 is 1.94. The SMILES string of the molecule is Cc1scc(-c2nnc(SCC(=O)Nc3cccc(Cl)c3)n2C)c1-c1ccccc1. The zero-order chi connectivity index (χ0) is 21.1. The number of aryl methyl sites for hydroxylation is 1. The molecule has 0 radical (unpaired) electrons. The standard InChI is InChI=1S/C22H19ClN4OS2/c1-14-20(15-7-4-3-5-8-15)18(12-29-14)21-25-26-22(27(21)2)30-13-19(28)24-17-10-6-9-16(23)11-17/h3-12H,13H2,1-2H3,(H,24,28). The molecule has 0 aliphatic carbocycles. The van der Waals surface area contributed by atoms with Gasteiger partial charge >= 0.3 is 0 Å². The molecule has 1 amide bonds. The van der Waals surface area contributed by atoms with Gasteiger partial charge in [0.1, 0.15) is 0 Å². The van der Waals surface area contributed by atoms with Crippen LogP contribution in [0.4, 0.5) is 5.69 Å². The molecule has 0 spiro atoms. The van der Waals surface area contributed by atoms with Crippen molar-refractivity contribution in [3.05, 3.63) is 69.9 Å². The van der Waals surface area contributed by atoms with E-state index in [1.807, 2.05) is 29.8 Å². The van der Waals surface area contributed by atoms with Crippen LogP contribution in [-0.2, 0) is 11.8 Å². The first-order valence-electron chi connectivity index (χ1n) is 9.24. The number of carbonyl (C=O) groups excluding carboxylic acids is 1. The van der Waals surface area contributed by atoms with Crippen molar-refractivity contribution in [2.45, 2.75) is 12.1 Å². The van der Waals surface area contributed by atoms with Crippen molar-refractivity contribution < 1.29 is 4.79 Å². The number of hydrogen-bond donors (Lipinski definition) is 1. The van der Waals surface area contributed by atoms with E-state index in [9.17, 15) is 4.79 Å². The summed E-state index contributed by atoms with van der Waals surface area (Å²) in [6.45, 7) is 2.11. The summed E-state index contributed by atoms with van der Waals surface area (Å²) in [7, 11) is 1.92. The molecule has 0 bridgehead atoms. The number of hydrogen-bond acceptors (Lipinski definition) is 5. The molecule has 0 atom stereocenters. The van der Waals surface area contributed by atoms with Crippen LogP contribution in [0.25, 0.3) is 22.5 Å². The molecule has 2 aromatic carbocycles. The quantitative estimate of drug-likeness (QED) is 0.368. The van der Waals surface area contributed by atoms with Gasteiger partial charge in [-0.2, -0.15) is 0 Å². The minimum Gasteiger partial charge on any atom is -0.325 e. The van der Waals surface area contributed by atoms with Crippen molar-refractivity contribution in [1.82, 2.24) is 14.8 Å². The largest absolute Gasteiger partial charge is 0.325 e. The Bertz CT molecular complexity index is 1190. The van der Waals surface area contributed by atoms with Crippen molar-refractivity contribution in [2.75, 3.05) is 11.1 Å². The highest BCUT2D eigenvalue weighted by atomic mass is 35.5. The Morgan fingerprint density at radius 2 is 1.97 bits per heavy atom. The zero-order valence-corrected chi connectivity index (χ0v) is 18.8.